The molecule has 4 heteroatoms. The van der Waals surface area contributed by atoms with Crippen LogP contribution < -0.4 is 0 Å². The fourth-order valence-corrected chi connectivity index (χ4v) is 2.96. The maximum absolute atomic E-state index is 12.3. The van der Waals surface area contributed by atoms with Gasteiger partial charge in [-0.1, -0.05) is 57.2 Å². The molecule has 1 aromatic carbocycles. The van der Waals surface area contributed by atoms with Crippen molar-refractivity contribution >= 4 is 11.9 Å². The Kier molecular flexibility index (Phi) is 12.8. The molecule has 29 heavy (non-hydrogen) atoms. The minimum absolute atomic E-state index is 0.386. The molecule has 0 bridgehead atoms. The topological polar surface area (TPSA) is 52.6 Å². The van der Waals surface area contributed by atoms with Crippen LogP contribution in [-0.4, -0.2) is 25.2 Å². The Morgan fingerprint density at radius 2 is 1.55 bits per heavy atom. The molecule has 0 saturated heterocycles. The van der Waals surface area contributed by atoms with E-state index in [0.29, 0.717) is 30.3 Å². The van der Waals surface area contributed by atoms with E-state index in [1.807, 2.05) is 0 Å². The third-order valence-corrected chi connectivity index (χ3v) is 4.87. The highest BCUT2D eigenvalue weighted by Crippen LogP contribution is 2.14. The monoisotopic (exact) mass is 402 g/mol. The quantitative estimate of drug-likeness (QED) is 0.196. The van der Waals surface area contributed by atoms with Gasteiger partial charge in [0.1, 0.15) is 0 Å². The van der Waals surface area contributed by atoms with E-state index >= 15 is 0 Å². The first-order chi connectivity index (χ1) is 13.9. The zero-order valence-electron chi connectivity index (χ0n) is 18.7. The predicted molar refractivity (Wildman–Crippen MR) is 118 cm³/mol. The largest absolute Gasteiger partial charge is 0.462 e. The van der Waals surface area contributed by atoms with Crippen molar-refractivity contribution < 1.29 is 19.1 Å². The Hall–Kier alpha value is -2.10. The SMILES string of the molecule is CCCCCCCOC(=O)c1cccc(C(=O)OCCC(C)CCC=C(C)C)c1. The Morgan fingerprint density at radius 1 is 0.931 bits per heavy atom. The summed E-state index contributed by atoms with van der Waals surface area (Å²) in [5, 5.41) is 0. The van der Waals surface area contributed by atoms with Crippen LogP contribution in [0.1, 0.15) is 99.8 Å². The smallest absolute Gasteiger partial charge is 0.338 e. The number of ether oxygens (including phenoxy) is 2. The van der Waals surface area contributed by atoms with Crippen molar-refractivity contribution in [2.24, 2.45) is 5.92 Å². The fraction of sp³-hybridized carbons (Fsp3) is 0.600. The molecule has 0 aromatic heterocycles. The van der Waals surface area contributed by atoms with Crippen molar-refractivity contribution in [2.75, 3.05) is 13.2 Å². The first-order valence-corrected chi connectivity index (χ1v) is 11.0. The highest BCUT2D eigenvalue weighted by molar-refractivity contribution is 5.95. The van der Waals surface area contributed by atoms with Crippen LogP contribution in [-0.2, 0) is 9.47 Å². The Balaban J connectivity index is 2.37. The predicted octanol–water partition coefficient (Wildman–Crippen LogP) is 6.74. The molecule has 0 fully saturated rings. The molecule has 0 aliphatic rings. The van der Waals surface area contributed by atoms with Crippen molar-refractivity contribution in [3.63, 3.8) is 0 Å². The number of hydrogen-bond acceptors (Lipinski definition) is 4. The maximum Gasteiger partial charge on any atom is 0.338 e. The third-order valence-electron chi connectivity index (χ3n) is 4.87. The van der Waals surface area contributed by atoms with Gasteiger partial charge in [-0.3, -0.25) is 0 Å². The molecule has 1 rings (SSSR count). The standard InChI is InChI=1S/C25H38O4/c1-5-6-7-8-9-17-28-24(26)22-14-11-15-23(19-22)25(27)29-18-16-21(4)13-10-12-20(2)3/h11-12,14-15,19,21H,5-10,13,16-18H2,1-4H3. The van der Waals surface area contributed by atoms with Crippen molar-refractivity contribution in [1.82, 2.24) is 0 Å². The molecule has 0 amide bonds. The van der Waals surface area contributed by atoms with Gasteiger partial charge in [-0.25, -0.2) is 9.59 Å². The summed E-state index contributed by atoms with van der Waals surface area (Å²) in [6.07, 6.45) is 10.7. The van der Waals surface area contributed by atoms with Crippen LogP contribution in [0.4, 0.5) is 0 Å². The van der Waals surface area contributed by atoms with Crippen LogP contribution in [0, 0.1) is 5.92 Å². The molecule has 0 heterocycles. The van der Waals surface area contributed by atoms with E-state index in [-0.39, 0.29) is 5.97 Å². The van der Waals surface area contributed by atoms with Gasteiger partial charge in [0.15, 0.2) is 0 Å². The third kappa shape index (κ3) is 11.5. The van der Waals surface area contributed by atoms with Gasteiger partial charge in [0.05, 0.1) is 24.3 Å². The summed E-state index contributed by atoms with van der Waals surface area (Å²) >= 11 is 0. The van der Waals surface area contributed by atoms with Gasteiger partial charge >= 0.3 is 11.9 Å². The molecule has 162 valence electrons. The molecule has 1 unspecified atom stereocenters. The minimum Gasteiger partial charge on any atom is -0.462 e. The van der Waals surface area contributed by atoms with Gasteiger partial charge in [0, 0.05) is 0 Å². The van der Waals surface area contributed by atoms with Gasteiger partial charge < -0.3 is 9.47 Å². The summed E-state index contributed by atoms with van der Waals surface area (Å²) in [7, 11) is 0. The van der Waals surface area contributed by atoms with E-state index in [2.05, 4.69) is 33.8 Å². The van der Waals surface area contributed by atoms with Crippen LogP contribution in [0.25, 0.3) is 0 Å². The first kappa shape index (κ1) is 24.9. The number of hydrogen-bond donors (Lipinski definition) is 0. The molecule has 0 spiro atoms. The Labute approximate surface area is 176 Å². The van der Waals surface area contributed by atoms with Gasteiger partial charge in [0.25, 0.3) is 0 Å². The molecular formula is C25H38O4. The minimum atomic E-state index is -0.393. The van der Waals surface area contributed by atoms with E-state index in [9.17, 15) is 9.59 Å². The Bertz CT molecular complexity index is 644. The molecular weight excluding hydrogens is 364 g/mol. The van der Waals surface area contributed by atoms with Crippen molar-refractivity contribution in [2.45, 2.75) is 79.1 Å². The van der Waals surface area contributed by atoms with Crippen molar-refractivity contribution in [1.29, 1.82) is 0 Å². The summed E-state index contributed by atoms with van der Waals surface area (Å²) in [4.78, 5) is 24.5. The summed E-state index contributed by atoms with van der Waals surface area (Å²) in [5.74, 6) is -0.282. The van der Waals surface area contributed by atoms with Crippen LogP contribution in [0.2, 0.25) is 0 Å². The maximum atomic E-state index is 12.3. The van der Waals surface area contributed by atoms with Gasteiger partial charge in [-0.15, -0.1) is 0 Å². The second-order valence-electron chi connectivity index (χ2n) is 8.02. The lowest BCUT2D eigenvalue weighted by molar-refractivity contribution is 0.0484. The second-order valence-corrected chi connectivity index (χ2v) is 8.02. The average molecular weight is 403 g/mol. The zero-order chi connectivity index (χ0) is 21.5. The van der Waals surface area contributed by atoms with Crippen LogP contribution in [0.15, 0.2) is 35.9 Å². The van der Waals surface area contributed by atoms with Gasteiger partial charge in [-0.2, -0.15) is 0 Å². The van der Waals surface area contributed by atoms with Crippen LogP contribution in [0.3, 0.4) is 0 Å². The highest BCUT2D eigenvalue weighted by atomic mass is 16.5. The first-order valence-electron chi connectivity index (χ1n) is 11.0. The van der Waals surface area contributed by atoms with E-state index in [1.165, 1.54) is 24.8 Å². The lowest BCUT2D eigenvalue weighted by Crippen LogP contribution is -2.11. The highest BCUT2D eigenvalue weighted by Gasteiger charge is 2.13. The normalized spacial score (nSPS) is 11.6. The lowest BCUT2D eigenvalue weighted by Gasteiger charge is -2.11. The average Bonchev–Trinajstić information content (AvgIpc) is 2.70. The van der Waals surface area contributed by atoms with Crippen molar-refractivity contribution in [3.05, 3.63) is 47.0 Å². The van der Waals surface area contributed by atoms with Gasteiger partial charge in [-0.05, 0) is 63.6 Å². The van der Waals surface area contributed by atoms with Gasteiger partial charge in [0.2, 0.25) is 0 Å². The number of carbonyl (C=O) groups is 2. The molecule has 0 aliphatic carbocycles. The van der Waals surface area contributed by atoms with E-state index in [4.69, 9.17) is 9.47 Å². The molecule has 4 nitrogen and oxygen atoms in total. The molecule has 0 saturated carbocycles. The zero-order valence-corrected chi connectivity index (χ0v) is 18.7. The molecule has 0 N–H and O–H groups in total. The van der Waals surface area contributed by atoms with Crippen LogP contribution in [0.5, 0.6) is 0 Å². The molecule has 1 atom stereocenters. The summed E-state index contributed by atoms with van der Waals surface area (Å²) < 4.78 is 10.7. The number of esters is 2. The van der Waals surface area contributed by atoms with E-state index < -0.39 is 5.97 Å². The van der Waals surface area contributed by atoms with E-state index in [1.54, 1.807) is 24.3 Å². The lowest BCUT2D eigenvalue weighted by atomic mass is 10.0. The molecule has 0 radical (unpaired) electrons. The fourth-order valence-electron chi connectivity index (χ4n) is 2.96. The number of rotatable bonds is 14. The summed E-state index contributed by atoms with van der Waals surface area (Å²) in [6.45, 7) is 9.35. The van der Waals surface area contributed by atoms with E-state index in [0.717, 1.165) is 32.1 Å². The van der Waals surface area contributed by atoms with Crippen LogP contribution >= 0.6 is 0 Å². The number of carbonyl (C=O) groups excluding carboxylic acids is 2. The van der Waals surface area contributed by atoms with Crippen molar-refractivity contribution in [3.8, 4) is 0 Å². The Morgan fingerprint density at radius 3 is 2.17 bits per heavy atom. The summed E-state index contributed by atoms with van der Waals surface area (Å²) in [6, 6.07) is 6.58. The molecule has 0 aliphatic heterocycles. The summed E-state index contributed by atoms with van der Waals surface area (Å²) in [5.41, 5.74) is 2.11. The second kappa shape index (κ2) is 14.8. The molecule has 1 aromatic rings. The number of benzene rings is 1. The number of allylic oxidation sites excluding steroid dienone is 2. The number of unbranched alkanes of at least 4 members (excludes halogenated alkanes) is 4.